The molecule has 3 aromatic rings. The van der Waals surface area contributed by atoms with E-state index in [0.717, 1.165) is 21.7 Å². The molecule has 1 aromatic heterocycles. The van der Waals surface area contributed by atoms with Crippen molar-refractivity contribution in [2.45, 2.75) is 6.92 Å². The number of H-pyrrole nitrogens is 1. The van der Waals surface area contributed by atoms with Crippen LogP contribution in [-0.2, 0) is 4.79 Å². The second kappa shape index (κ2) is 4.45. The fourth-order valence-electron chi connectivity index (χ4n) is 2.92. The van der Waals surface area contributed by atoms with Crippen molar-refractivity contribution < 1.29 is 9.90 Å². The molecule has 4 nitrogen and oxygen atoms in total. The number of carbonyl (C=O) groups excluding carboxylic acids is 1. The molecule has 1 aliphatic rings. The number of nitrogens with one attached hydrogen (secondary N) is 1. The van der Waals surface area contributed by atoms with Gasteiger partial charge in [-0.2, -0.15) is 0 Å². The zero-order chi connectivity index (χ0) is 15.4. The molecule has 2 N–H and O–H groups in total. The van der Waals surface area contributed by atoms with E-state index in [0.29, 0.717) is 21.5 Å². The Morgan fingerprint density at radius 2 is 1.95 bits per heavy atom. The summed E-state index contributed by atoms with van der Waals surface area (Å²) < 4.78 is 0. The van der Waals surface area contributed by atoms with Crippen LogP contribution in [0.4, 0.5) is 0 Å². The summed E-state index contributed by atoms with van der Waals surface area (Å²) in [6.07, 6.45) is 0. The minimum absolute atomic E-state index is 0.0457. The van der Waals surface area contributed by atoms with Crippen LogP contribution in [0.25, 0.3) is 16.5 Å². The number of para-hydroxylation sites is 1. The van der Waals surface area contributed by atoms with Crippen molar-refractivity contribution >= 4 is 34.0 Å². The van der Waals surface area contributed by atoms with Gasteiger partial charge in [-0.3, -0.25) is 4.79 Å². The zero-order valence-electron chi connectivity index (χ0n) is 11.6. The minimum atomic E-state index is -0.343. The Morgan fingerprint density at radius 1 is 1.18 bits per heavy atom. The van der Waals surface area contributed by atoms with Gasteiger partial charge in [0.25, 0.3) is 5.91 Å². The van der Waals surface area contributed by atoms with Crippen LogP contribution in [-0.4, -0.2) is 16.0 Å². The van der Waals surface area contributed by atoms with Crippen LogP contribution in [0, 0.1) is 6.92 Å². The van der Waals surface area contributed by atoms with Gasteiger partial charge in [0.2, 0.25) is 0 Å². The van der Waals surface area contributed by atoms with Crippen LogP contribution in [0.3, 0.4) is 0 Å². The molecule has 0 spiro atoms. The SMILES string of the molecule is Cc1c(Cl)ccc2c(C3=c4ccccc4=NC3=O)c(O)[nH]c12. The molecule has 1 amide bonds. The van der Waals surface area contributed by atoms with E-state index in [1.54, 1.807) is 18.2 Å². The standard InChI is InChI=1S/C17H11ClN2O2/c1-8-11(18)7-6-10-14(17(22)20-15(8)10)13-9-4-2-3-5-12(9)19-16(13)21/h2-7,20,22H,1H3. The van der Waals surface area contributed by atoms with Crippen LogP contribution in [0.1, 0.15) is 11.1 Å². The Labute approximate surface area is 130 Å². The van der Waals surface area contributed by atoms with E-state index >= 15 is 0 Å². The van der Waals surface area contributed by atoms with Crippen molar-refractivity contribution in [2.24, 2.45) is 4.99 Å². The van der Waals surface area contributed by atoms with E-state index in [1.807, 2.05) is 25.1 Å². The molecular weight excluding hydrogens is 300 g/mol. The largest absolute Gasteiger partial charge is 0.494 e. The third kappa shape index (κ3) is 1.64. The van der Waals surface area contributed by atoms with E-state index in [1.165, 1.54) is 0 Å². The average molecular weight is 311 g/mol. The lowest BCUT2D eigenvalue weighted by Crippen LogP contribution is -2.22. The van der Waals surface area contributed by atoms with Crippen molar-refractivity contribution in [2.75, 3.05) is 0 Å². The smallest absolute Gasteiger partial charge is 0.279 e. The van der Waals surface area contributed by atoms with Gasteiger partial charge in [0.15, 0.2) is 5.88 Å². The molecular formula is C17H11ClN2O2. The first-order valence-corrected chi connectivity index (χ1v) is 7.18. The summed E-state index contributed by atoms with van der Waals surface area (Å²) in [7, 11) is 0. The van der Waals surface area contributed by atoms with Gasteiger partial charge >= 0.3 is 0 Å². The summed E-state index contributed by atoms with van der Waals surface area (Å²) >= 11 is 6.12. The summed E-state index contributed by atoms with van der Waals surface area (Å²) in [6, 6.07) is 10.9. The lowest BCUT2D eigenvalue weighted by molar-refractivity contribution is -0.112. The lowest BCUT2D eigenvalue weighted by atomic mass is 10.0. The highest BCUT2D eigenvalue weighted by atomic mass is 35.5. The maximum Gasteiger partial charge on any atom is 0.279 e. The van der Waals surface area contributed by atoms with E-state index < -0.39 is 0 Å². The summed E-state index contributed by atoms with van der Waals surface area (Å²) in [5, 5.41) is 13.1. The number of amides is 1. The molecule has 5 heteroatoms. The van der Waals surface area contributed by atoms with Crippen molar-refractivity contribution in [3.05, 3.63) is 63.1 Å². The highest BCUT2D eigenvalue weighted by Gasteiger charge is 2.25. The Kier molecular flexibility index (Phi) is 2.65. The number of fused-ring (bicyclic) bond motifs is 2. The molecule has 0 bridgehead atoms. The van der Waals surface area contributed by atoms with Crippen molar-refractivity contribution in [1.29, 1.82) is 0 Å². The quantitative estimate of drug-likeness (QED) is 0.723. The third-order valence-electron chi connectivity index (χ3n) is 4.01. The van der Waals surface area contributed by atoms with Crippen LogP contribution in [0.5, 0.6) is 5.88 Å². The number of nitrogens with zero attached hydrogens (tertiary/aromatic N) is 1. The highest BCUT2D eigenvalue weighted by molar-refractivity contribution is 6.32. The van der Waals surface area contributed by atoms with Gasteiger partial charge in [0, 0.05) is 15.6 Å². The molecule has 0 aliphatic carbocycles. The Morgan fingerprint density at radius 3 is 2.77 bits per heavy atom. The van der Waals surface area contributed by atoms with Crippen molar-refractivity contribution in [3.8, 4) is 5.88 Å². The second-order valence-electron chi connectivity index (χ2n) is 5.25. The number of aromatic amines is 1. The molecule has 0 fully saturated rings. The zero-order valence-corrected chi connectivity index (χ0v) is 12.4. The van der Waals surface area contributed by atoms with Gasteiger partial charge in [-0.15, -0.1) is 0 Å². The number of benzene rings is 2. The number of carbonyl (C=O) groups is 1. The number of halogens is 1. The number of aromatic hydroxyl groups is 1. The predicted octanol–water partition coefficient (Wildman–Crippen LogP) is 2.19. The van der Waals surface area contributed by atoms with Gasteiger partial charge in [0.05, 0.1) is 22.0 Å². The van der Waals surface area contributed by atoms with Crippen molar-refractivity contribution in [3.63, 3.8) is 0 Å². The first kappa shape index (κ1) is 13.1. The highest BCUT2D eigenvalue weighted by Crippen LogP contribution is 2.36. The molecule has 22 heavy (non-hydrogen) atoms. The van der Waals surface area contributed by atoms with Crippen LogP contribution >= 0.6 is 11.6 Å². The molecule has 4 rings (SSSR count). The first-order valence-electron chi connectivity index (χ1n) is 6.80. The summed E-state index contributed by atoms with van der Waals surface area (Å²) in [5.41, 5.74) is 2.45. The van der Waals surface area contributed by atoms with E-state index in [4.69, 9.17) is 11.6 Å². The Hall–Kier alpha value is -2.59. The van der Waals surface area contributed by atoms with E-state index in [2.05, 4.69) is 9.98 Å². The van der Waals surface area contributed by atoms with Gasteiger partial charge in [-0.25, -0.2) is 4.99 Å². The van der Waals surface area contributed by atoms with Gasteiger partial charge < -0.3 is 10.1 Å². The summed E-state index contributed by atoms with van der Waals surface area (Å²) in [6.45, 7) is 1.86. The van der Waals surface area contributed by atoms with Crippen LogP contribution in [0.2, 0.25) is 5.02 Å². The molecule has 0 radical (unpaired) electrons. The predicted molar refractivity (Wildman–Crippen MR) is 84.5 cm³/mol. The molecule has 0 saturated carbocycles. The molecule has 0 saturated heterocycles. The van der Waals surface area contributed by atoms with E-state index in [9.17, 15) is 9.90 Å². The number of hydrogen-bond acceptors (Lipinski definition) is 2. The normalized spacial score (nSPS) is 13.5. The maximum atomic E-state index is 12.3. The fourth-order valence-corrected chi connectivity index (χ4v) is 3.08. The molecule has 2 aromatic carbocycles. The Balaban J connectivity index is 2.18. The number of aryl methyl sites for hydroxylation is 1. The van der Waals surface area contributed by atoms with Crippen LogP contribution < -0.4 is 10.6 Å². The van der Waals surface area contributed by atoms with Crippen molar-refractivity contribution in [1.82, 2.24) is 4.98 Å². The molecule has 1 aliphatic heterocycles. The molecule has 0 unspecified atom stereocenters. The van der Waals surface area contributed by atoms with Gasteiger partial charge in [-0.1, -0.05) is 35.9 Å². The Bertz CT molecular complexity index is 1080. The van der Waals surface area contributed by atoms with Crippen LogP contribution in [0.15, 0.2) is 41.4 Å². The molecule has 2 heterocycles. The number of hydrogen-bond donors (Lipinski definition) is 2. The summed E-state index contributed by atoms with van der Waals surface area (Å²) in [4.78, 5) is 19.3. The summed E-state index contributed by atoms with van der Waals surface area (Å²) in [5.74, 6) is -0.388. The van der Waals surface area contributed by atoms with Gasteiger partial charge in [0.1, 0.15) is 0 Å². The monoisotopic (exact) mass is 310 g/mol. The molecule has 0 atom stereocenters. The van der Waals surface area contributed by atoms with Gasteiger partial charge in [-0.05, 0) is 24.6 Å². The number of aromatic nitrogens is 1. The minimum Gasteiger partial charge on any atom is -0.494 e. The number of rotatable bonds is 1. The third-order valence-corrected chi connectivity index (χ3v) is 4.42. The molecule has 108 valence electrons. The van der Waals surface area contributed by atoms with E-state index in [-0.39, 0.29) is 11.8 Å². The topological polar surface area (TPSA) is 65.4 Å². The average Bonchev–Trinajstić information content (AvgIpc) is 2.99. The first-order chi connectivity index (χ1) is 10.6. The second-order valence-corrected chi connectivity index (χ2v) is 5.66. The lowest BCUT2D eigenvalue weighted by Gasteiger charge is -2.02. The maximum absolute atomic E-state index is 12.3. The fraction of sp³-hybridized carbons (Fsp3) is 0.0588.